The van der Waals surface area contributed by atoms with Gasteiger partial charge in [-0.2, -0.15) is 0 Å². The summed E-state index contributed by atoms with van der Waals surface area (Å²) in [7, 11) is 0. The quantitative estimate of drug-likeness (QED) is 0.777. The van der Waals surface area contributed by atoms with Crippen molar-refractivity contribution in [2.75, 3.05) is 0 Å². The van der Waals surface area contributed by atoms with E-state index in [9.17, 15) is 4.79 Å². The van der Waals surface area contributed by atoms with E-state index in [2.05, 4.69) is 25.9 Å². The third-order valence-corrected chi connectivity index (χ3v) is 2.47. The van der Waals surface area contributed by atoms with E-state index in [-0.39, 0.29) is 0 Å². The molecule has 0 aromatic carbocycles. The number of H-pyrrole nitrogens is 1. The highest BCUT2D eigenvalue weighted by atomic mass is 79.9. The minimum Gasteiger partial charge on any atom is -0.337 e. The van der Waals surface area contributed by atoms with Crippen molar-refractivity contribution < 1.29 is 4.79 Å². The number of aromatic nitrogens is 2. The number of hydrogen-bond acceptors (Lipinski definition) is 2. The lowest BCUT2D eigenvalue weighted by Crippen LogP contribution is -1.80. The molecule has 0 spiro atoms. The minimum absolute atomic E-state index is 0.598. The lowest BCUT2D eigenvalue weighted by Gasteiger charge is -1.91. The van der Waals surface area contributed by atoms with Crippen LogP contribution in [0.2, 0.25) is 0 Å². The van der Waals surface area contributed by atoms with E-state index in [1.807, 2.05) is 13.0 Å². The maximum absolute atomic E-state index is 10.6. The lowest BCUT2D eigenvalue weighted by molar-refractivity contribution is 0.111. The number of carbonyl (C=O) groups is 1. The summed E-state index contributed by atoms with van der Waals surface area (Å²) in [5.41, 5.74) is 2.29. The van der Waals surface area contributed by atoms with Crippen molar-refractivity contribution in [1.29, 1.82) is 0 Å². The predicted molar refractivity (Wildman–Crippen MR) is 53.9 cm³/mol. The SMILES string of the molecule is Cc1c(C=O)[nH]c2ncc(Br)cc12. The maximum Gasteiger partial charge on any atom is 0.166 e. The zero-order valence-electron chi connectivity index (χ0n) is 6.97. The third kappa shape index (κ3) is 1.27. The summed E-state index contributed by atoms with van der Waals surface area (Å²) in [6.45, 7) is 1.90. The molecular formula is C9H7BrN2O. The number of rotatable bonds is 1. The second-order valence-corrected chi connectivity index (χ2v) is 3.75. The van der Waals surface area contributed by atoms with Crippen LogP contribution in [0.5, 0.6) is 0 Å². The fourth-order valence-corrected chi connectivity index (χ4v) is 1.64. The second kappa shape index (κ2) is 2.96. The number of aromatic amines is 1. The third-order valence-electron chi connectivity index (χ3n) is 2.03. The van der Waals surface area contributed by atoms with E-state index >= 15 is 0 Å². The molecule has 0 fully saturated rings. The van der Waals surface area contributed by atoms with E-state index in [0.717, 1.165) is 27.4 Å². The molecule has 0 saturated heterocycles. The summed E-state index contributed by atoms with van der Waals surface area (Å²) in [5.74, 6) is 0. The first kappa shape index (κ1) is 8.44. The summed E-state index contributed by atoms with van der Waals surface area (Å²) in [5, 5.41) is 0.983. The standard InChI is InChI=1S/C9H7BrN2O/c1-5-7-2-6(10)3-11-9(7)12-8(5)4-13/h2-4H,1H3,(H,11,12). The molecule has 2 heterocycles. The van der Waals surface area contributed by atoms with Gasteiger partial charge in [-0.15, -0.1) is 0 Å². The van der Waals surface area contributed by atoms with Crippen LogP contribution < -0.4 is 0 Å². The molecule has 0 aliphatic heterocycles. The molecule has 66 valence electrons. The Balaban J connectivity index is 2.84. The van der Waals surface area contributed by atoms with Gasteiger partial charge in [0.1, 0.15) is 5.65 Å². The molecule has 0 atom stereocenters. The highest BCUT2D eigenvalue weighted by Crippen LogP contribution is 2.21. The van der Waals surface area contributed by atoms with Crippen molar-refractivity contribution in [3.8, 4) is 0 Å². The summed E-state index contributed by atoms with van der Waals surface area (Å²) in [4.78, 5) is 17.7. The van der Waals surface area contributed by atoms with E-state index in [1.54, 1.807) is 6.20 Å². The fraction of sp³-hybridized carbons (Fsp3) is 0.111. The molecule has 0 aliphatic carbocycles. The molecule has 2 aromatic heterocycles. The molecule has 2 rings (SSSR count). The first-order valence-corrected chi connectivity index (χ1v) is 4.60. The number of aryl methyl sites for hydroxylation is 1. The first-order valence-electron chi connectivity index (χ1n) is 3.81. The summed E-state index contributed by atoms with van der Waals surface area (Å²) in [6, 6.07) is 1.95. The average molecular weight is 239 g/mol. The molecule has 0 unspecified atom stereocenters. The smallest absolute Gasteiger partial charge is 0.166 e. The zero-order valence-corrected chi connectivity index (χ0v) is 8.55. The van der Waals surface area contributed by atoms with Crippen molar-refractivity contribution in [2.24, 2.45) is 0 Å². The van der Waals surface area contributed by atoms with Gasteiger partial charge in [-0.1, -0.05) is 0 Å². The van der Waals surface area contributed by atoms with Gasteiger partial charge in [-0.05, 0) is 34.5 Å². The molecule has 0 bridgehead atoms. The highest BCUT2D eigenvalue weighted by Gasteiger charge is 2.07. The van der Waals surface area contributed by atoms with Crippen LogP contribution >= 0.6 is 15.9 Å². The van der Waals surface area contributed by atoms with E-state index in [0.29, 0.717) is 5.69 Å². The monoisotopic (exact) mass is 238 g/mol. The number of aldehydes is 1. The first-order chi connectivity index (χ1) is 6.22. The molecule has 0 saturated carbocycles. The molecule has 4 heteroatoms. The van der Waals surface area contributed by atoms with Gasteiger partial charge in [0.25, 0.3) is 0 Å². The number of pyridine rings is 1. The topological polar surface area (TPSA) is 45.8 Å². The Morgan fingerprint density at radius 1 is 1.62 bits per heavy atom. The number of fused-ring (bicyclic) bond motifs is 1. The van der Waals surface area contributed by atoms with Gasteiger partial charge in [-0.3, -0.25) is 4.79 Å². The molecule has 1 N–H and O–H groups in total. The number of halogens is 1. The van der Waals surface area contributed by atoms with Crippen LogP contribution in [0, 0.1) is 6.92 Å². The van der Waals surface area contributed by atoms with Crippen molar-refractivity contribution in [1.82, 2.24) is 9.97 Å². The lowest BCUT2D eigenvalue weighted by atomic mass is 10.2. The van der Waals surface area contributed by atoms with Gasteiger partial charge < -0.3 is 4.98 Å². The van der Waals surface area contributed by atoms with E-state index < -0.39 is 0 Å². The fourth-order valence-electron chi connectivity index (χ4n) is 1.31. The number of nitrogens with zero attached hydrogens (tertiary/aromatic N) is 1. The normalized spacial score (nSPS) is 10.6. The van der Waals surface area contributed by atoms with Crippen molar-refractivity contribution in [3.05, 3.63) is 28.0 Å². The average Bonchev–Trinajstić information content (AvgIpc) is 2.44. The molecule has 0 aliphatic rings. The summed E-state index contributed by atoms with van der Waals surface area (Å²) < 4.78 is 0.916. The van der Waals surface area contributed by atoms with Gasteiger partial charge in [0, 0.05) is 16.1 Å². The molecule has 0 radical (unpaired) electrons. The van der Waals surface area contributed by atoms with Crippen molar-refractivity contribution in [3.63, 3.8) is 0 Å². The Labute approximate surface area is 83.3 Å². The second-order valence-electron chi connectivity index (χ2n) is 2.83. The predicted octanol–water partition coefficient (Wildman–Crippen LogP) is 2.45. The van der Waals surface area contributed by atoms with Crippen molar-refractivity contribution in [2.45, 2.75) is 6.92 Å². The molecule has 0 amide bonds. The number of carbonyl (C=O) groups excluding carboxylic acids is 1. The van der Waals surface area contributed by atoms with Crippen LogP contribution in [0.4, 0.5) is 0 Å². The summed E-state index contributed by atoms with van der Waals surface area (Å²) >= 11 is 3.33. The Morgan fingerprint density at radius 2 is 2.38 bits per heavy atom. The molecule has 13 heavy (non-hydrogen) atoms. The Hall–Kier alpha value is -1.16. The van der Waals surface area contributed by atoms with Crippen LogP contribution in [0.15, 0.2) is 16.7 Å². The highest BCUT2D eigenvalue weighted by molar-refractivity contribution is 9.10. The molecule has 2 aromatic rings. The zero-order chi connectivity index (χ0) is 9.42. The van der Waals surface area contributed by atoms with Crippen LogP contribution in [0.1, 0.15) is 16.1 Å². The van der Waals surface area contributed by atoms with Crippen LogP contribution in [0.25, 0.3) is 11.0 Å². The van der Waals surface area contributed by atoms with Gasteiger partial charge in [0.05, 0.1) is 5.69 Å². The molecule has 3 nitrogen and oxygen atoms in total. The largest absolute Gasteiger partial charge is 0.337 e. The van der Waals surface area contributed by atoms with Crippen LogP contribution in [-0.2, 0) is 0 Å². The van der Waals surface area contributed by atoms with Gasteiger partial charge in [0.15, 0.2) is 6.29 Å². The Kier molecular flexibility index (Phi) is 1.92. The Morgan fingerprint density at radius 3 is 3.08 bits per heavy atom. The van der Waals surface area contributed by atoms with Gasteiger partial charge >= 0.3 is 0 Å². The van der Waals surface area contributed by atoms with E-state index in [1.165, 1.54) is 0 Å². The van der Waals surface area contributed by atoms with Gasteiger partial charge in [-0.25, -0.2) is 4.98 Å². The van der Waals surface area contributed by atoms with E-state index in [4.69, 9.17) is 0 Å². The number of hydrogen-bond donors (Lipinski definition) is 1. The molecular weight excluding hydrogens is 232 g/mol. The maximum atomic E-state index is 10.6. The van der Waals surface area contributed by atoms with Crippen molar-refractivity contribution >= 4 is 33.2 Å². The minimum atomic E-state index is 0.598. The Bertz CT molecular complexity index is 476. The number of nitrogens with one attached hydrogen (secondary N) is 1. The van der Waals surface area contributed by atoms with Gasteiger partial charge in [0.2, 0.25) is 0 Å². The van der Waals surface area contributed by atoms with Crippen LogP contribution in [-0.4, -0.2) is 16.3 Å². The van der Waals surface area contributed by atoms with Crippen LogP contribution in [0.3, 0.4) is 0 Å². The summed E-state index contributed by atoms with van der Waals surface area (Å²) in [6.07, 6.45) is 2.51.